The minimum absolute atomic E-state index is 0.00401. The molecule has 3 aromatic rings. The fourth-order valence-electron chi connectivity index (χ4n) is 2.78. The number of alkyl halides is 3. The van der Waals surface area contributed by atoms with Crippen LogP contribution >= 0.6 is 0 Å². The van der Waals surface area contributed by atoms with Crippen molar-refractivity contribution in [2.45, 2.75) is 18.2 Å². The first-order chi connectivity index (χ1) is 14.8. The number of rotatable bonds is 6. The molecule has 0 aliphatic heterocycles. The molecule has 0 fully saturated rings. The van der Waals surface area contributed by atoms with Crippen molar-refractivity contribution in [3.63, 3.8) is 0 Å². The van der Waals surface area contributed by atoms with E-state index in [4.69, 9.17) is 0 Å². The second-order valence-corrected chi connectivity index (χ2v) is 8.82. The second-order valence-electron chi connectivity index (χ2n) is 6.81. The molecule has 2 aromatic heterocycles. The van der Waals surface area contributed by atoms with Crippen molar-refractivity contribution < 1.29 is 31.1 Å². The van der Waals surface area contributed by atoms with Gasteiger partial charge in [0, 0.05) is 56.0 Å². The number of anilines is 3. The largest absolute Gasteiger partial charge is 0.573 e. The Hall–Kier alpha value is -3.61. The summed E-state index contributed by atoms with van der Waals surface area (Å²) in [7, 11) is -2.15. The maximum absolute atomic E-state index is 12.7. The molecule has 13 heteroatoms. The van der Waals surface area contributed by atoms with E-state index in [-0.39, 0.29) is 22.3 Å². The van der Waals surface area contributed by atoms with Crippen LogP contribution < -0.4 is 15.4 Å². The Labute approximate surface area is 181 Å². The fraction of sp³-hybridized carbons (Fsp3) is 0.211. The Morgan fingerprint density at radius 1 is 1.19 bits per heavy atom. The number of benzene rings is 1. The molecule has 9 nitrogen and oxygen atoms in total. The van der Waals surface area contributed by atoms with Crippen LogP contribution in [0.4, 0.5) is 30.4 Å². The summed E-state index contributed by atoms with van der Waals surface area (Å²) in [5.41, 5.74) is 1.26. The van der Waals surface area contributed by atoms with Crippen molar-refractivity contribution in [3.05, 3.63) is 42.7 Å². The van der Waals surface area contributed by atoms with E-state index in [1.54, 1.807) is 24.0 Å². The van der Waals surface area contributed by atoms with E-state index in [0.29, 0.717) is 16.9 Å². The minimum Gasteiger partial charge on any atom is -0.406 e. The Bertz CT molecular complexity index is 1270. The number of amides is 1. The van der Waals surface area contributed by atoms with Crippen LogP contribution in [-0.4, -0.2) is 41.7 Å². The van der Waals surface area contributed by atoms with Crippen molar-refractivity contribution in [1.29, 1.82) is 0 Å². The molecule has 2 N–H and O–H groups in total. The highest BCUT2D eigenvalue weighted by Crippen LogP contribution is 2.34. The molecule has 1 amide bonds. The van der Waals surface area contributed by atoms with Crippen LogP contribution in [0.3, 0.4) is 0 Å². The third-order valence-corrected chi connectivity index (χ3v) is 5.11. The van der Waals surface area contributed by atoms with Gasteiger partial charge < -0.3 is 15.4 Å². The van der Waals surface area contributed by atoms with Gasteiger partial charge in [-0.05, 0) is 18.2 Å². The summed E-state index contributed by atoms with van der Waals surface area (Å²) >= 11 is 0. The average Bonchev–Trinajstić information content (AvgIpc) is 3.05. The highest BCUT2D eigenvalue weighted by atomic mass is 32.2. The molecular weight excluding hydrogens is 451 g/mol. The minimum atomic E-state index is -5.01. The monoisotopic (exact) mass is 469 g/mol. The summed E-state index contributed by atoms with van der Waals surface area (Å²) in [6.45, 7) is 1.29. The average molecular weight is 469 g/mol. The first kappa shape index (κ1) is 23.1. The molecule has 0 atom stereocenters. The first-order valence-electron chi connectivity index (χ1n) is 8.96. The molecule has 0 bridgehead atoms. The number of aromatic nitrogens is 3. The Kier molecular flexibility index (Phi) is 6.12. The zero-order valence-corrected chi connectivity index (χ0v) is 17.9. The predicted molar refractivity (Wildman–Crippen MR) is 110 cm³/mol. The Morgan fingerprint density at radius 3 is 2.47 bits per heavy atom. The summed E-state index contributed by atoms with van der Waals surface area (Å²) in [5.74, 6) is -0.918. The number of ether oxygens (including phenoxy) is 1. The van der Waals surface area contributed by atoms with Crippen molar-refractivity contribution in [2.24, 2.45) is 7.05 Å². The first-order valence-corrected chi connectivity index (χ1v) is 10.8. The van der Waals surface area contributed by atoms with Crippen LogP contribution in [0.5, 0.6) is 5.75 Å². The number of sulfone groups is 1. The quantitative estimate of drug-likeness (QED) is 0.568. The Balaban J connectivity index is 2.11. The predicted octanol–water partition coefficient (Wildman–Crippen LogP) is 3.49. The van der Waals surface area contributed by atoms with Crippen molar-refractivity contribution >= 4 is 32.9 Å². The molecule has 0 spiro atoms. The van der Waals surface area contributed by atoms with Crippen LogP contribution in [0.15, 0.2) is 47.6 Å². The number of hydrogen-bond acceptors (Lipinski definition) is 7. The lowest BCUT2D eigenvalue weighted by Gasteiger charge is -2.15. The number of nitrogens with one attached hydrogen (secondary N) is 2. The zero-order chi connectivity index (χ0) is 23.7. The van der Waals surface area contributed by atoms with E-state index in [2.05, 4.69) is 25.5 Å². The topological polar surface area (TPSA) is 115 Å². The summed E-state index contributed by atoms with van der Waals surface area (Å²) in [4.78, 5) is 15.2. The molecule has 0 radical (unpaired) electrons. The molecule has 0 unspecified atom stereocenters. The molecule has 0 aliphatic carbocycles. The number of carbonyl (C=O) groups excluding carboxylic acids is 1. The number of aryl methyl sites for hydroxylation is 1. The van der Waals surface area contributed by atoms with Gasteiger partial charge in [0.1, 0.15) is 11.6 Å². The van der Waals surface area contributed by atoms with Gasteiger partial charge in [0.2, 0.25) is 5.91 Å². The third kappa shape index (κ3) is 5.97. The highest BCUT2D eigenvalue weighted by molar-refractivity contribution is 7.90. The number of pyridine rings is 1. The summed E-state index contributed by atoms with van der Waals surface area (Å²) in [6, 6.07) is 6.08. The lowest BCUT2D eigenvalue weighted by molar-refractivity contribution is -0.274. The van der Waals surface area contributed by atoms with Crippen LogP contribution in [0, 0.1) is 0 Å². The van der Waals surface area contributed by atoms with Crippen LogP contribution in [0.25, 0.3) is 11.3 Å². The van der Waals surface area contributed by atoms with Gasteiger partial charge in [0.15, 0.2) is 9.84 Å². The fourth-order valence-corrected chi connectivity index (χ4v) is 3.45. The van der Waals surface area contributed by atoms with Gasteiger partial charge in [-0.1, -0.05) is 0 Å². The highest BCUT2D eigenvalue weighted by Gasteiger charge is 2.31. The number of nitrogens with zero attached hydrogens (tertiary/aromatic N) is 3. The molecule has 0 saturated carbocycles. The molecule has 3 rings (SSSR count). The van der Waals surface area contributed by atoms with Gasteiger partial charge in [-0.15, -0.1) is 13.2 Å². The van der Waals surface area contributed by atoms with Crippen molar-refractivity contribution in [3.8, 4) is 17.0 Å². The van der Waals surface area contributed by atoms with E-state index in [1.165, 1.54) is 25.3 Å². The van der Waals surface area contributed by atoms with Gasteiger partial charge in [-0.3, -0.25) is 9.48 Å². The second kappa shape index (κ2) is 8.49. The molecule has 1 aromatic carbocycles. The van der Waals surface area contributed by atoms with E-state index in [9.17, 15) is 26.4 Å². The summed E-state index contributed by atoms with van der Waals surface area (Å²) < 4.78 is 67.7. The maximum atomic E-state index is 12.7. The third-order valence-electron chi connectivity index (χ3n) is 4.02. The van der Waals surface area contributed by atoms with E-state index in [0.717, 1.165) is 18.4 Å². The lowest BCUT2D eigenvalue weighted by atomic mass is 10.1. The van der Waals surface area contributed by atoms with Crippen LogP contribution in [0.2, 0.25) is 0 Å². The summed E-state index contributed by atoms with van der Waals surface area (Å²) in [5, 5.41) is 9.66. The summed E-state index contributed by atoms with van der Waals surface area (Å²) in [6.07, 6.45) is -1.05. The van der Waals surface area contributed by atoms with Gasteiger partial charge >= 0.3 is 6.36 Å². The number of carbonyl (C=O) groups is 1. The van der Waals surface area contributed by atoms with E-state index in [1.807, 2.05) is 0 Å². The normalized spacial score (nSPS) is 11.8. The number of halogens is 3. The van der Waals surface area contributed by atoms with E-state index < -0.39 is 21.9 Å². The molecule has 0 aliphatic rings. The number of hydrogen-bond donors (Lipinski definition) is 2. The maximum Gasteiger partial charge on any atom is 0.573 e. The molecule has 170 valence electrons. The molecular formula is C19H18F3N5O4S. The van der Waals surface area contributed by atoms with Crippen molar-refractivity contribution in [1.82, 2.24) is 14.8 Å². The van der Waals surface area contributed by atoms with Crippen molar-refractivity contribution in [2.75, 3.05) is 16.9 Å². The van der Waals surface area contributed by atoms with Gasteiger partial charge in [-0.2, -0.15) is 5.10 Å². The standard InChI is InChI=1S/C19H18F3N5O4S/c1-11(28)24-18-9-17(15(10-23-18)16-4-5-27(2)26-16)25-12-6-13(31-19(20,21)22)8-14(7-12)32(3,29)30/h4-10H,1-3H3,(H2,23,24,25,28). The lowest BCUT2D eigenvalue weighted by Crippen LogP contribution is -2.17. The molecule has 2 heterocycles. The smallest absolute Gasteiger partial charge is 0.406 e. The molecule has 0 saturated heterocycles. The van der Waals surface area contributed by atoms with Crippen LogP contribution in [-0.2, 0) is 21.7 Å². The van der Waals surface area contributed by atoms with Gasteiger partial charge in [0.05, 0.1) is 16.3 Å². The molecule has 32 heavy (non-hydrogen) atoms. The zero-order valence-electron chi connectivity index (χ0n) is 17.1. The van der Waals surface area contributed by atoms with E-state index >= 15 is 0 Å². The SMILES string of the molecule is CC(=O)Nc1cc(Nc2cc(OC(F)(F)F)cc(S(C)(=O)=O)c2)c(-c2ccn(C)n2)cn1. The van der Waals surface area contributed by atoms with Gasteiger partial charge in [-0.25, -0.2) is 13.4 Å². The van der Waals surface area contributed by atoms with Crippen LogP contribution in [0.1, 0.15) is 6.92 Å². The Morgan fingerprint density at radius 2 is 1.91 bits per heavy atom. The van der Waals surface area contributed by atoms with Gasteiger partial charge in [0.25, 0.3) is 0 Å².